The summed E-state index contributed by atoms with van der Waals surface area (Å²) in [4.78, 5) is 13.7. The molecular formula is C43H33N3. The fourth-order valence-electron chi connectivity index (χ4n) is 7.45. The van der Waals surface area contributed by atoms with Gasteiger partial charge in [-0.3, -0.25) is 4.98 Å². The van der Waals surface area contributed by atoms with E-state index < -0.39 is 5.41 Å². The Labute approximate surface area is 270 Å². The first-order valence-electron chi connectivity index (χ1n) is 15.8. The molecule has 0 bridgehead atoms. The maximum Gasteiger partial charge on any atom is 0.126 e. The van der Waals surface area contributed by atoms with Crippen molar-refractivity contribution in [2.45, 2.75) is 26.2 Å². The number of rotatable bonds is 5. The second-order valence-corrected chi connectivity index (χ2v) is 12.2. The third-order valence-electron chi connectivity index (χ3n) is 9.34. The van der Waals surface area contributed by atoms with Crippen LogP contribution in [-0.2, 0) is 5.41 Å². The van der Waals surface area contributed by atoms with Crippen LogP contribution in [0.1, 0.15) is 39.3 Å². The van der Waals surface area contributed by atoms with E-state index in [2.05, 4.69) is 150 Å². The predicted molar refractivity (Wildman–Crippen MR) is 188 cm³/mol. The van der Waals surface area contributed by atoms with Gasteiger partial charge in [0.2, 0.25) is 0 Å². The van der Waals surface area contributed by atoms with Gasteiger partial charge in [0.25, 0.3) is 0 Å². The number of hydrogen-bond acceptors (Lipinski definition) is 3. The van der Waals surface area contributed by atoms with Crippen molar-refractivity contribution in [3.05, 3.63) is 185 Å². The molecule has 2 heterocycles. The first-order valence-corrected chi connectivity index (χ1v) is 15.8. The molecule has 3 heteroatoms. The molecule has 0 fully saturated rings. The van der Waals surface area contributed by atoms with Crippen molar-refractivity contribution in [1.82, 2.24) is 15.0 Å². The van der Waals surface area contributed by atoms with Gasteiger partial charge in [-0.1, -0.05) is 109 Å². The van der Waals surface area contributed by atoms with Gasteiger partial charge in [0, 0.05) is 23.7 Å². The summed E-state index contributed by atoms with van der Waals surface area (Å²) in [7, 11) is 0. The molecular weight excluding hydrogens is 558 g/mol. The summed E-state index contributed by atoms with van der Waals surface area (Å²) in [5.41, 5.74) is 16.0. The fourth-order valence-corrected chi connectivity index (χ4v) is 7.45. The lowest BCUT2D eigenvalue weighted by Crippen LogP contribution is -2.28. The Morgan fingerprint density at radius 1 is 0.500 bits per heavy atom. The van der Waals surface area contributed by atoms with Gasteiger partial charge in [0.05, 0.1) is 11.1 Å². The Kier molecular flexibility index (Phi) is 6.69. The van der Waals surface area contributed by atoms with E-state index in [0.717, 1.165) is 28.3 Å². The zero-order valence-electron chi connectivity index (χ0n) is 26.2. The number of fused-ring (bicyclic) bond motifs is 3. The smallest absolute Gasteiger partial charge is 0.126 e. The van der Waals surface area contributed by atoms with Gasteiger partial charge < -0.3 is 0 Å². The average molecular weight is 592 g/mol. The van der Waals surface area contributed by atoms with E-state index >= 15 is 0 Å². The second-order valence-electron chi connectivity index (χ2n) is 12.2. The molecule has 0 saturated heterocycles. The summed E-state index contributed by atoms with van der Waals surface area (Å²) < 4.78 is 0. The van der Waals surface area contributed by atoms with Gasteiger partial charge in [-0.05, 0) is 106 Å². The summed E-state index contributed by atoms with van der Waals surface area (Å²) in [5, 5.41) is 0. The van der Waals surface area contributed by atoms with Crippen LogP contribution in [-0.4, -0.2) is 15.0 Å². The molecule has 1 aliphatic rings. The van der Waals surface area contributed by atoms with Gasteiger partial charge in [-0.2, -0.15) is 0 Å². The lowest BCUT2D eigenvalue weighted by Gasteiger charge is -2.34. The van der Waals surface area contributed by atoms with Crippen LogP contribution in [0.3, 0.4) is 0 Å². The predicted octanol–water partition coefficient (Wildman–Crippen LogP) is 10.2. The molecule has 220 valence electrons. The maximum absolute atomic E-state index is 4.87. The van der Waals surface area contributed by atoms with Crippen molar-refractivity contribution in [2.75, 3.05) is 0 Å². The Balaban J connectivity index is 1.45. The quantitative estimate of drug-likeness (QED) is 0.200. The Morgan fingerprint density at radius 2 is 1.20 bits per heavy atom. The summed E-state index contributed by atoms with van der Waals surface area (Å²) in [6.45, 7) is 6.12. The van der Waals surface area contributed by atoms with E-state index in [4.69, 9.17) is 4.98 Å². The molecule has 0 amide bonds. The third-order valence-corrected chi connectivity index (χ3v) is 9.34. The Morgan fingerprint density at radius 3 is 1.89 bits per heavy atom. The minimum atomic E-state index is -0.518. The highest BCUT2D eigenvalue weighted by atomic mass is 14.9. The number of hydrogen-bond donors (Lipinski definition) is 0. The monoisotopic (exact) mass is 591 g/mol. The highest BCUT2D eigenvalue weighted by molar-refractivity contribution is 5.97. The minimum absolute atomic E-state index is 0.518. The van der Waals surface area contributed by atoms with E-state index in [9.17, 15) is 0 Å². The summed E-state index contributed by atoms with van der Waals surface area (Å²) in [6.07, 6.45) is 3.81. The van der Waals surface area contributed by atoms with E-state index in [0.29, 0.717) is 0 Å². The normalized spacial score (nSPS) is 12.8. The van der Waals surface area contributed by atoms with Crippen LogP contribution in [0.5, 0.6) is 0 Å². The van der Waals surface area contributed by atoms with Crippen molar-refractivity contribution >= 4 is 0 Å². The third kappa shape index (κ3) is 4.39. The van der Waals surface area contributed by atoms with Crippen LogP contribution < -0.4 is 0 Å². The number of pyridine rings is 1. The van der Waals surface area contributed by atoms with Crippen LogP contribution in [0.2, 0.25) is 0 Å². The van der Waals surface area contributed by atoms with E-state index in [1.54, 1.807) is 0 Å². The molecule has 3 nitrogen and oxygen atoms in total. The van der Waals surface area contributed by atoms with Gasteiger partial charge in [0.15, 0.2) is 0 Å². The lowest BCUT2D eigenvalue weighted by molar-refractivity contribution is 0.769. The van der Waals surface area contributed by atoms with Crippen molar-refractivity contribution in [1.29, 1.82) is 0 Å². The average Bonchev–Trinajstić information content (AvgIpc) is 3.39. The molecule has 7 aromatic rings. The SMILES string of the molecule is Cc1cc(-c2ccc3c(c2)C(c2ccccc2)(c2ccccc2)c2cccc(-c4cccc(-c5ccncc5C)c4)c2-3)nc(C)n1. The number of nitrogens with zero attached hydrogens (tertiary/aromatic N) is 3. The standard InChI is InChI=1S/C43H33N3/c1-28-27-44-23-22-36(28)31-12-10-13-32(25-31)37-18-11-19-39-42(37)38-21-20-33(41-24-29(2)45-30(3)46-41)26-40(38)43(39,34-14-6-4-7-15-34)35-16-8-5-9-17-35/h4-27H,1-3H3. The van der Waals surface area contributed by atoms with E-state index in [1.807, 2.05) is 26.2 Å². The number of aryl methyl sites for hydroxylation is 3. The summed E-state index contributed by atoms with van der Waals surface area (Å²) in [6, 6.07) is 48.8. The van der Waals surface area contributed by atoms with Crippen molar-refractivity contribution in [3.8, 4) is 44.6 Å². The fraction of sp³-hybridized carbons (Fsp3) is 0.0930. The number of aromatic nitrogens is 3. The van der Waals surface area contributed by atoms with Gasteiger partial charge >= 0.3 is 0 Å². The van der Waals surface area contributed by atoms with Crippen LogP contribution in [0.15, 0.2) is 146 Å². The Bertz CT molecular complexity index is 2180. The molecule has 0 N–H and O–H groups in total. The molecule has 46 heavy (non-hydrogen) atoms. The molecule has 1 aliphatic carbocycles. The first kappa shape index (κ1) is 27.8. The zero-order chi connectivity index (χ0) is 31.3. The maximum atomic E-state index is 4.87. The van der Waals surface area contributed by atoms with Crippen LogP contribution in [0.4, 0.5) is 0 Å². The highest BCUT2D eigenvalue weighted by Crippen LogP contribution is 2.58. The molecule has 0 radical (unpaired) electrons. The topological polar surface area (TPSA) is 38.7 Å². The van der Waals surface area contributed by atoms with E-state index in [1.165, 1.54) is 55.6 Å². The van der Waals surface area contributed by atoms with Gasteiger partial charge in [0.1, 0.15) is 5.82 Å². The molecule has 0 aliphatic heterocycles. The van der Waals surface area contributed by atoms with E-state index in [-0.39, 0.29) is 0 Å². The van der Waals surface area contributed by atoms with Crippen molar-refractivity contribution < 1.29 is 0 Å². The number of benzene rings is 5. The molecule has 2 aromatic heterocycles. The molecule has 8 rings (SSSR count). The van der Waals surface area contributed by atoms with Crippen molar-refractivity contribution in [3.63, 3.8) is 0 Å². The summed E-state index contributed by atoms with van der Waals surface area (Å²) in [5.74, 6) is 0.780. The zero-order valence-corrected chi connectivity index (χ0v) is 26.2. The second kappa shape index (κ2) is 11.0. The lowest BCUT2D eigenvalue weighted by atomic mass is 9.67. The minimum Gasteiger partial charge on any atom is -0.264 e. The first-order chi connectivity index (χ1) is 22.5. The molecule has 0 atom stereocenters. The van der Waals surface area contributed by atoms with Crippen LogP contribution in [0, 0.1) is 20.8 Å². The molecule has 0 saturated carbocycles. The molecule has 0 spiro atoms. The van der Waals surface area contributed by atoms with Gasteiger partial charge in [-0.15, -0.1) is 0 Å². The molecule has 0 unspecified atom stereocenters. The summed E-state index contributed by atoms with van der Waals surface area (Å²) >= 11 is 0. The van der Waals surface area contributed by atoms with Crippen molar-refractivity contribution in [2.24, 2.45) is 0 Å². The largest absolute Gasteiger partial charge is 0.264 e. The van der Waals surface area contributed by atoms with Crippen LogP contribution in [0.25, 0.3) is 44.6 Å². The Hall–Kier alpha value is -5.67. The highest BCUT2D eigenvalue weighted by Gasteiger charge is 2.47. The van der Waals surface area contributed by atoms with Gasteiger partial charge in [-0.25, -0.2) is 9.97 Å². The van der Waals surface area contributed by atoms with Crippen LogP contribution >= 0.6 is 0 Å². The molecule has 5 aromatic carbocycles.